The Balaban J connectivity index is 1.64. The number of carbonyl (C=O) groups excluding carboxylic acids is 1. The number of hydrogen-bond acceptors (Lipinski definition) is 3. The van der Waals surface area contributed by atoms with Crippen LogP contribution in [0.3, 0.4) is 0 Å². The summed E-state index contributed by atoms with van der Waals surface area (Å²) in [5.74, 6) is 0.474. The third-order valence-corrected chi connectivity index (χ3v) is 4.23. The van der Waals surface area contributed by atoms with E-state index in [1.165, 1.54) is 0 Å². The minimum absolute atomic E-state index is 0.0595. The lowest BCUT2D eigenvalue weighted by molar-refractivity contribution is 0.102. The monoisotopic (exact) mass is 347 g/mol. The second-order valence-electron chi connectivity index (χ2n) is 6.21. The fourth-order valence-corrected chi connectivity index (χ4v) is 2.54. The molecule has 0 aliphatic carbocycles. The van der Waals surface area contributed by atoms with E-state index >= 15 is 0 Å². The molecule has 0 atom stereocenters. The Morgan fingerprint density at radius 3 is 2.31 bits per heavy atom. The highest BCUT2D eigenvalue weighted by atomic mass is 16.5. The zero-order valence-corrected chi connectivity index (χ0v) is 14.8. The summed E-state index contributed by atoms with van der Waals surface area (Å²) in [6, 6.07) is 20.2. The lowest BCUT2D eigenvalue weighted by Crippen LogP contribution is -2.12. The van der Waals surface area contributed by atoms with E-state index in [1.54, 1.807) is 36.4 Å². The molecule has 2 N–H and O–H groups in total. The van der Waals surface area contributed by atoms with Crippen molar-refractivity contribution in [1.29, 1.82) is 0 Å². The summed E-state index contributed by atoms with van der Waals surface area (Å²) in [6.07, 6.45) is 0. The topological polar surface area (TPSA) is 58.6 Å². The summed E-state index contributed by atoms with van der Waals surface area (Å²) in [6.45, 7) is 4.32. The van der Waals surface area contributed by atoms with Gasteiger partial charge in [-0.1, -0.05) is 30.3 Å². The van der Waals surface area contributed by atoms with Gasteiger partial charge in [-0.3, -0.25) is 4.79 Å². The largest absolute Gasteiger partial charge is 0.506 e. The Bertz CT molecular complexity index is 903. The van der Waals surface area contributed by atoms with Crippen LogP contribution in [-0.2, 0) is 6.61 Å². The van der Waals surface area contributed by atoms with Crippen molar-refractivity contribution in [2.45, 2.75) is 20.5 Å². The molecule has 3 aromatic carbocycles. The van der Waals surface area contributed by atoms with E-state index in [-0.39, 0.29) is 11.7 Å². The van der Waals surface area contributed by atoms with Crippen molar-refractivity contribution in [2.75, 3.05) is 5.32 Å². The number of phenols is 1. The van der Waals surface area contributed by atoms with Crippen LogP contribution in [0.25, 0.3) is 0 Å². The number of ether oxygens (including phenoxy) is 1. The summed E-state index contributed by atoms with van der Waals surface area (Å²) in [5, 5.41) is 12.7. The molecule has 0 aromatic heterocycles. The molecule has 0 unspecified atom stereocenters. The van der Waals surface area contributed by atoms with Crippen molar-refractivity contribution in [3.63, 3.8) is 0 Å². The van der Waals surface area contributed by atoms with Crippen LogP contribution in [0.4, 0.5) is 5.69 Å². The summed E-state index contributed by atoms with van der Waals surface area (Å²) < 4.78 is 5.72. The van der Waals surface area contributed by atoms with E-state index in [9.17, 15) is 9.90 Å². The highest BCUT2D eigenvalue weighted by molar-refractivity contribution is 6.05. The summed E-state index contributed by atoms with van der Waals surface area (Å²) >= 11 is 0. The van der Waals surface area contributed by atoms with E-state index in [2.05, 4.69) is 5.32 Å². The van der Waals surface area contributed by atoms with Crippen molar-refractivity contribution >= 4 is 11.6 Å². The van der Waals surface area contributed by atoms with Crippen LogP contribution in [0, 0.1) is 13.8 Å². The molecule has 0 saturated heterocycles. The normalized spacial score (nSPS) is 10.4. The predicted molar refractivity (Wildman–Crippen MR) is 103 cm³/mol. The summed E-state index contributed by atoms with van der Waals surface area (Å²) in [5.41, 5.74) is 3.96. The van der Waals surface area contributed by atoms with Crippen molar-refractivity contribution in [3.8, 4) is 11.5 Å². The van der Waals surface area contributed by atoms with Crippen molar-refractivity contribution in [1.82, 2.24) is 0 Å². The molecule has 4 heteroatoms. The Morgan fingerprint density at radius 2 is 1.62 bits per heavy atom. The molecule has 0 aliphatic rings. The van der Waals surface area contributed by atoms with E-state index < -0.39 is 0 Å². The number of nitrogens with one attached hydrogen (secondary N) is 1. The van der Waals surface area contributed by atoms with Gasteiger partial charge in [0.1, 0.15) is 18.1 Å². The minimum atomic E-state index is -0.279. The zero-order valence-electron chi connectivity index (χ0n) is 14.8. The number of rotatable bonds is 5. The van der Waals surface area contributed by atoms with Gasteiger partial charge in [0.25, 0.3) is 5.91 Å². The molecule has 3 aromatic rings. The van der Waals surface area contributed by atoms with Gasteiger partial charge in [-0.15, -0.1) is 0 Å². The molecule has 0 aliphatic heterocycles. The van der Waals surface area contributed by atoms with Gasteiger partial charge < -0.3 is 15.2 Å². The van der Waals surface area contributed by atoms with Crippen LogP contribution in [0.15, 0.2) is 66.7 Å². The number of benzene rings is 3. The lowest BCUT2D eigenvalue weighted by Gasteiger charge is -2.11. The zero-order chi connectivity index (χ0) is 18.5. The SMILES string of the molecule is Cc1cc(O)c(NC(=O)c2ccc(OCc3ccccc3)cc2)cc1C. The molecule has 3 rings (SSSR count). The molecular weight excluding hydrogens is 326 g/mol. The average molecular weight is 347 g/mol. The van der Waals surface area contributed by atoms with Crippen LogP contribution in [0.1, 0.15) is 27.0 Å². The van der Waals surface area contributed by atoms with Gasteiger partial charge in [-0.2, -0.15) is 0 Å². The van der Waals surface area contributed by atoms with Crippen molar-refractivity contribution < 1.29 is 14.6 Å². The number of anilines is 1. The fourth-order valence-electron chi connectivity index (χ4n) is 2.54. The molecule has 26 heavy (non-hydrogen) atoms. The first kappa shape index (κ1) is 17.5. The van der Waals surface area contributed by atoms with E-state index in [0.717, 1.165) is 16.7 Å². The van der Waals surface area contributed by atoms with Crippen LogP contribution >= 0.6 is 0 Å². The summed E-state index contributed by atoms with van der Waals surface area (Å²) in [4.78, 5) is 12.4. The number of aromatic hydroxyl groups is 1. The van der Waals surface area contributed by atoms with Gasteiger partial charge in [-0.05, 0) is 66.9 Å². The number of carbonyl (C=O) groups is 1. The van der Waals surface area contributed by atoms with Crippen LogP contribution < -0.4 is 10.1 Å². The molecule has 1 amide bonds. The van der Waals surface area contributed by atoms with E-state index in [4.69, 9.17) is 4.74 Å². The highest BCUT2D eigenvalue weighted by Crippen LogP contribution is 2.27. The molecule has 0 bridgehead atoms. The Labute approximate surface area is 153 Å². The maximum atomic E-state index is 12.4. The first-order valence-electron chi connectivity index (χ1n) is 8.41. The van der Waals surface area contributed by atoms with E-state index in [0.29, 0.717) is 23.6 Å². The maximum Gasteiger partial charge on any atom is 0.255 e. The highest BCUT2D eigenvalue weighted by Gasteiger charge is 2.10. The number of amides is 1. The second-order valence-corrected chi connectivity index (χ2v) is 6.21. The molecule has 0 fully saturated rings. The third-order valence-electron chi connectivity index (χ3n) is 4.23. The third kappa shape index (κ3) is 4.22. The standard InChI is InChI=1S/C22H21NO3/c1-15-12-20(21(24)13-16(15)2)23-22(25)18-8-10-19(11-9-18)26-14-17-6-4-3-5-7-17/h3-13,24H,14H2,1-2H3,(H,23,25). The fraction of sp³-hybridized carbons (Fsp3) is 0.136. The quantitative estimate of drug-likeness (QED) is 0.649. The van der Waals surface area contributed by atoms with Crippen LogP contribution in [0.5, 0.6) is 11.5 Å². The van der Waals surface area contributed by atoms with Gasteiger partial charge >= 0.3 is 0 Å². The second kappa shape index (κ2) is 7.74. The first-order chi connectivity index (χ1) is 12.5. The van der Waals surface area contributed by atoms with Gasteiger partial charge in [0.05, 0.1) is 5.69 Å². The predicted octanol–water partition coefficient (Wildman–Crippen LogP) is 4.84. The number of aryl methyl sites for hydroxylation is 2. The molecule has 0 radical (unpaired) electrons. The first-order valence-corrected chi connectivity index (χ1v) is 8.41. The molecule has 0 heterocycles. The molecule has 132 valence electrons. The maximum absolute atomic E-state index is 12.4. The minimum Gasteiger partial charge on any atom is -0.506 e. The number of hydrogen-bond donors (Lipinski definition) is 2. The van der Waals surface area contributed by atoms with Gasteiger partial charge in [-0.25, -0.2) is 0 Å². The number of phenolic OH excluding ortho intramolecular Hbond substituents is 1. The van der Waals surface area contributed by atoms with Crippen LogP contribution in [-0.4, -0.2) is 11.0 Å². The molecular formula is C22H21NO3. The Hall–Kier alpha value is -3.27. The smallest absolute Gasteiger partial charge is 0.255 e. The van der Waals surface area contributed by atoms with E-state index in [1.807, 2.05) is 44.2 Å². The van der Waals surface area contributed by atoms with Gasteiger partial charge in [0.2, 0.25) is 0 Å². The Morgan fingerprint density at radius 1 is 0.962 bits per heavy atom. The average Bonchev–Trinajstić information content (AvgIpc) is 2.65. The van der Waals surface area contributed by atoms with Crippen molar-refractivity contribution in [3.05, 3.63) is 89.0 Å². The molecule has 0 saturated carbocycles. The molecule has 4 nitrogen and oxygen atoms in total. The van der Waals surface area contributed by atoms with Crippen LogP contribution in [0.2, 0.25) is 0 Å². The van der Waals surface area contributed by atoms with Crippen molar-refractivity contribution in [2.24, 2.45) is 0 Å². The van der Waals surface area contributed by atoms with Gasteiger partial charge in [0.15, 0.2) is 0 Å². The Kier molecular flexibility index (Phi) is 5.23. The lowest BCUT2D eigenvalue weighted by atomic mass is 10.1. The molecule has 0 spiro atoms. The summed E-state index contributed by atoms with van der Waals surface area (Å²) in [7, 11) is 0. The van der Waals surface area contributed by atoms with Gasteiger partial charge in [0, 0.05) is 5.56 Å².